The first-order valence-corrected chi connectivity index (χ1v) is 9.28. The molecule has 154 valence electrons. The highest BCUT2D eigenvalue weighted by Crippen LogP contribution is 2.06. The molecule has 6 nitrogen and oxygen atoms in total. The zero-order valence-corrected chi connectivity index (χ0v) is 18.9. The lowest BCUT2D eigenvalue weighted by Gasteiger charge is -2.13. The summed E-state index contributed by atoms with van der Waals surface area (Å²) in [6.45, 7) is 3.53. The third kappa shape index (κ3) is 6.81. The van der Waals surface area contributed by atoms with Crippen molar-refractivity contribution in [3.63, 3.8) is 0 Å². The fourth-order valence-electron chi connectivity index (χ4n) is 2.71. The minimum atomic E-state index is -0.186. The summed E-state index contributed by atoms with van der Waals surface area (Å²) in [4.78, 5) is 4.64. The van der Waals surface area contributed by atoms with Crippen molar-refractivity contribution in [1.29, 1.82) is 0 Å². The van der Waals surface area contributed by atoms with Crippen molar-refractivity contribution in [2.45, 2.75) is 26.4 Å². The van der Waals surface area contributed by atoms with Crippen molar-refractivity contribution in [2.24, 2.45) is 12.0 Å². The molecule has 2 N–H and O–H groups in total. The van der Waals surface area contributed by atoms with Crippen LogP contribution < -0.4 is 10.6 Å². The molecule has 0 fully saturated rings. The second-order valence-corrected chi connectivity index (χ2v) is 6.49. The van der Waals surface area contributed by atoms with E-state index in [1.807, 2.05) is 54.9 Å². The molecular weight excluding hydrogens is 482 g/mol. The molecule has 0 bridgehead atoms. The van der Waals surface area contributed by atoms with Crippen molar-refractivity contribution in [3.8, 4) is 0 Å². The van der Waals surface area contributed by atoms with E-state index in [9.17, 15) is 4.39 Å². The van der Waals surface area contributed by atoms with Crippen molar-refractivity contribution < 1.29 is 4.39 Å². The number of aliphatic imine (C=N–C) groups is 1. The summed E-state index contributed by atoms with van der Waals surface area (Å²) in [5, 5.41) is 14.8. The van der Waals surface area contributed by atoms with Crippen LogP contribution in [0.15, 0.2) is 59.6 Å². The summed E-state index contributed by atoms with van der Waals surface area (Å²) < 4.78 is 15.7. The average molecular weight is 508 g/mol. The lowest BCUT2D eigenvalue weighted by atomic mass is 10.1. The Balaban J connectivity index is 0.00000300. The van der Waals surface area contributed by atoms with Gasteiger partial charge in [0, 0.05) is 13.6 Å². The first-order valence-electron chi connectivity index (χ1n) is 9.28. The second-order valence-electron chi connectivity index (χ2n) is 6.49. The fourth-order valence-corrected chi connectivity index (χ4v) is 2.71. The molecule has 0 radical (unpaired) electrons. The molecule has 3 aromatic rings. The van der Waals surface area contributed by atoms with Crippen molar-refractivity contribution in [3.05, 3.63) is 83.2 Å². The Labute approximate surface area is 187 Å². The molecule has 0 amide bonds. The van der Waals surface area contributed by atoms with E-state index in [1.165, 1.54) is 6.07 Å². The Morgan fingerprint density at radius 3 is 2.45 bits per heavy atom. The fraction of sp³-hybridized carbons (Fsp3) is 0.286. The van der Waals surface area contributed by atoms with Gasteiger partial charge in [0.05, 0.1) is 13.1 Å². The maximum absolute atomic E-state index is 13.8. The van der Waals surface area contributed by atoms with E-state index in [1.54, 1.807) is 12.1 Å². The van der Waals surface area contributed by atoms with E-state index in [2.05, 4.69) is 25.8 Å². The van der Waals surface area contributed by atoms with E-state index in [-0.39, 0.29) is 29.8 Å². The molecule has 0 aliphatic heterocycles. The average Bonchev–Trinajstić information content (AvgIpc) is 3.04. The van der Waals surface area contributed by atoms with E-state index >= 15 is 0 Å². The number of rotatable bonds is 7. The van der Waals surface area contributed by atoms with Crippen molar-refractivity contribution >= 4 is 29.9 Å². The number of nitrogens with one attached hydrogen (secondary N) is 2. The van der Waals surface area contributed by atoms with Crippen LogP contribution in [0.25, 0.3) is 0 Å². The molecule has 0 saturated heterocycles. The zero-order chi connectivity index (χ0) is 19.8. The minimum Gasteiger partial charge on any atom is -0.356 e. The summed E-state index contributed by atoms with van der Waals surface area (Å²) in [6, 6.07) is 16.9. The number of hydrogen-bond acceptors (Lipinski definition) is 3. The topological polar surface area (TPSA) is 67.1 Å². The third-order valence-corrected chi connectivity index (χ3v) is 4.50. The van der Waals surface area contributed by atoms with Gasteiger partial charge in [-0.15, -0.1) is 34.2 Å². The molecule has 2 aromatic carbocycles. The summed E-state index contributed by atoms with van der Waals surface area (Å²) >= 11 is 0. The molecule has 0 aliphatic rings. The maximum atomic E-state index is 13.8. The Morgan fingerprint density at radius 2 is 1.76 bits per heavy atom. The lowest BCUT2D eigenvalue weighted by Crippen LogP contribution is -2.38. The van der Waals surface area contributed by atoms with Gasteiger partial charge in [-0.25, -0.2) is 9.38 Å². The highest BCUT2D eigenvalue weighted by molar-refractivity contribution is 14.0. The van der Waals surface area contributed by atoms with Crippen LogP contribution >= 0.6 is 24.0 Å². The molecule has 0 aliphatic carbocycles. The van der Waals surface area contributed by atoms with Gasteiger partial charge in [-0.2, -0.15) is 0 Å². The third-order valence-electron chi connectivity index (χ3n) is 4.50. The summed E-state index contributed by atoms with van der Waals surface area (Å²) in [7, 11) is 1.93. The van der Waals surface area contributed by atoms with Gasteiger partial charge >= 0.3 is 0 Å². The minimum absolute atomic E-state index is 0. The highest BCUT2D eigenvalue weighted by atomic mass is 127. The zero-order valence-electron chi connectivity index (χ0n) is 16.6. The first-order chi connectivity index (χ1) is 13.6. The Kier molecular flexibility index (Phi) is 9.04. The molecule has 1 heterocycles. The van der Waals surface area contributed by atoms with Gasteiger partial charge in [0.25, 0.3) is 0 Å². The van der Waals surface area contributed by atoms with Crippen LogP contribution in [0.4, 0.5) is 4.39 Å². The van der Waals surface area contributed by atoms with Gasteiger partial charge in [-0.05, 0) is 30.5 Å². The predicted octanol–water partition coefficient (Wildman–Crippen LogP) is 3.36. The van der Waals surface area contributed by atoms with Crippen LogP contribution in [-0.2, 0) is 26.6 Å². The van der Waals surface area contributed by atoms with Crippen LogP contribution in [0.1, 0.15) is 22.8 Å². The Morgan fingerprint density at radius 1 is 1.03 bits per heavy atom. The van der Waals surface area contributed by atoms with Crippen molar-refractivity contribution in [2.75, 3.05) is 6.54 Å². The number of aromatic nitrogens is 3. The van der Waals surface area contributed by atoms with Crippen molar-refractivity contribution in [1.82, 2.24) is 25.4 Å². The first kappa shape index (κ1) is 22.8. The molecule has 8 heteroatoms. The lowest BCUT2D eigenvalue weighted by molar-refractivity contribution is 0.606. The van der Waals surface area contributed by atoms with Crippen LogP contribution in [0, 0.1) is 12.7 Å². The standard InChI is InChI=1S/C21H25FN6.HI/c1-16-26-27-20(28(16)2)15-25-21(24-14-17-8-4-3-5-9-17)23-13-12-18-10-6-7-11-19(18)22;/h3-11H,12-15H2,1-2H3,(H2,23,24,25);1H. The predicted molar refractivity (Wildman–Crippen MR) is 124 cm³/mol. The molecule has 29 heavy (non-hydrogen) atoms. The largest absolute Gasteiger partial charge is 0.356 e. The van der Waals surface area contributed by atoms with E-state index < -0.39 is 0 Å². The van der Waals surface area contributed by atoms with Gasteiger partial charge in [0.2, 0.25) is 0 Å². The van der Waals surface area contributed by atoms with Crippen LogP contribution in [0.5, 0.6) is 0 Å². The normalized spacial score (nSPS) is 11.1. The molecule has 0 saturated carbocycles. The Hall–Kier alpha value is -2.49. The second kappa shape index (κ2) is 11.5. The van der Waals surface area contributed by atoms with Crippen LogP contribution in [0.3, 0.4) is 0 Å². The number of hydrogen-bond donors (Lipinski definition) is 2. The quantitative estimate of drug-likeness (QED) is 0.292. The van der Waals surface area contributed by atoms with Gasteiger partial charge in [0.1, 0.15) is 11.6 Å². The molecular formula is C21H26FIN6. The van der Waals surface area contributed by atoms with Crippen LogP contribution in [0.2, 0.25) is 0 Å². The summed E-state index contributed by atoms with van der Waals surface area (Å²) in [5.74, 6) is 2.14. The number of benzene rings is 2. The SMILES string of the molecule is Cc1nnc(CNC(=NCc2ccccc2)NCCc2ccccc2F)n1C.I. The molecule has 0 atom stereocenters. The number of aryl methyl sites for hydroxylation is 1. The van der Waals surface area contributed by atoms with E-state index in [0.717, 1.165) is 17.2 Å². The number of halogens is 2. The van der Waals surface area contributed by atoms with Gasteiger partial charge in [-0.3, -0.25) is 0 Å². The smallest absolute Gasteiger partial charge is 0.191 e. The number of nitrogens with zero attached hydrogens (tertiary/aromatic N) is 4. The molecule has 3 rings (SSSR count). The van der Waals surface area contributed by atoms with E-state index in [4.69, 9.17) is 0 Å². The highest BCUT2D eigenvalue weighted by Gasteiger charge is 2.07. The molecule has 1 aromatic heterocycles. The number of guanidine groups is 1. The van der Waals surface area contributed by atoms with Gasteiger partial charge in [-0.1, -0.05) is 48.5 Å². The van der Waals surface area contributed by atoms with Gasteiger partial charge < -0.3 is 15.2 Å². The van der Waals surface area contributed by atoms with Crippen LogP contribution in [-0.4, -0.2) is 27.3 Å². The Bertz CT molecular complexity index is 926. The summed E-state index contributed by atoms with van der Waals surface area (Å²) in [6.07, 6.45) is 0.571. The molecule has 0 unspecified atom stereocenters. The maximum Gasteiger partial charge on any atom is 0.191 e. The monoisotopic (exact) mass is 508 g/mol. The molecule has 0 spiro atoms. The summed E-state index contributed by atoms with van der Waals surface area (Å²) in [5.41, 5.74) is 1.80. The van der Waals surface area contributed by atoms with Gasteiger partial charge in [0.15, 0.2) is 11.8 Å². The van der Waals surface area contributed by atoms with E-state index in [0.29, 0.717) is 37.6 Å².